The van der Waals surface area contributed by atoms with Crippen molar-refractivity contribution in [2.24, 2.45) is 0 Å². The molecule has 0 saturated carbocycles. The van der Waals surface area contributed by atoms with E-state index in [1.165, 1.54) is 18.2 Å². The zero-order valence-electron chi connectivity index (χ0n) is 11.5. The molecule has 0 aliphatic carbocycles. The van der Waals surface area contributed by atoms with Crippen LogP contribution in [-0.2, 0) is 6.54 Å². The van der Waals surface area contributed by atoms with Crippen LogP contribution in [-0.4, -0.2) is 7.11 Å². The number of rotatable bonds is 5. The van der Waals surface area contributed by atoms with Crippen LogP contribution < -0.4 is 10.1 Å². The summed E-state index contributed by atoms with van der Waals surface area (Å²) < 4.78 is 32.6. The van der Waals surface area contributed by atoms with Crippen molar-refractivity contribution in [1.82, 2.24) is 5.32 Å². The summed E-state index contributed by atoms with van der Waals surface area (Å²) >= 11 is 0. The average molecular weight is 277 g/mol. The Morgan fingerprint density at radius 1 is 1.05 bits per heavy atom. The molecule has 0 radical (unpaired) electrons. The molecule has 2 nitrogen and oxygen atoms in total. The molecule has 1 atom stereocenters. The third kappa shape index (κ3) is 3.14. The van der Waals surface area contributed by atoms with E-state index in [1.807, 2.05) is 24.3 Å². The van der Waals surface area contributed by atoms with Crippen molar-refractivity contribution in [1.29, 1.82) is 0 Å². The SMILES string of the molecule is COc1ccccc1CNC(C)c1c(F)cccc1F. The molecule has 0 fully saturated rings. The van der Waals surface area contributed by atoms with Gasteiger partial charge in [0, 0.05) is 23.7 Å². The molecule has 0 aliphatic rings. The quantitative estimate of drug-likeness (QED) is 0.897. The summed E-state index contributed by atoms with van der Waals surface area (Å²) in [4.78, 5) is 0. The predicted molar refractivity (Wildman–Crippen MR) is 74.6 cm³/mol. The van der Waals surface area contributed by atoms with E-state index < -0.39 is 17.7 Å². The molecule has 0 saturated heterocycles. The lowest BCUT2D eigenvalue weighted by atomic mass is 10.1. The number of nitrogens with one attached hydrogen (secondary N) is 1. The third-order valence-corrected chi connectivity index (χ3v) is 3.22. The maximum Gasteiger partial charge on any atom is 0.130 e. The number of para-hydroxylation sites is 1. The number of methoxy groups -OCH3 is 1. The van der Waals surface area contributed by atoms with Crippen LogP contribution >= 0.6 is 0 Å². The van der Waals surface area contributed by atoms with Gasteiger partial charge in [-0.25, -0.2) is 8.78 Å². The molecular weight excluding hydrogens is 260 g/mol. The Hall–Kier alpha value is -1.94. The van der Waals surface area contributed by atoms with Gasteiger partial charge in [-0.1, -0.05) is 24.3 Å². The molecule has 0 amide bonds. The predicted octanol–water partition coefficient (Wildman–Crippen LogP) is 3.82. The van der Waals surface area contributed by atoms with Gasteiger partial charge in [-0.15, -0.1) is 0 Å². The maximum absolute atomic E-state index is 13.7. The van der Waals surface area contributed by atoms with Gasteiger partial charge in [0.1, 0.15) is 17.4 Å². The number of ether oxygens (including phenoxy) is 1. The minimum atomic E-state index is -0.537. The molecule has 106 valence electrons. The Kier molecular flexibility index (Phi) is 4.69. The van der Waals surface area contributed by atoms with E-state index in [1.54, 1.807) is 14.0 Å². The fourth-order valence-corrected chi connectivity index (χ4v) is 2.14. The fraction of sp³-hybridized carbons (Fsp3) is 0.250. The Bertz CT molecular complexity index is 566. The molecule has 0 heterocycles. The molecule has 1 N–H and O–H groups in total. The molecule has 0 bridgehead atoms. The first kappa shape index (κ1) is 14.5. The first-order valence-corrected chi connectivity index (χ1v) is 6.42. The van der Waals surface area contributed by atoms with Crippen LogP contribution in [0, 0.1) is 11.6 Å². The van der Waals surface area contributed by atoms with Crippen molar-refractivity contribution in [2.45, 2.75) is 19.5 Å². The van der Waals surface area contributed by atoms with E-state index in [4.69, 9.17) is 4.74 Å². The zero-order valence-corrected chi connectivity index (χ0v) is 11.5. The summed E-state index contributed by atoms with van der Waals surface area (Å²) in [5.41, 5.74) is 1.00. The summed E-state index contributed by atoms with van der Waals surface area (Å²) in [6, 6.07) is 11.0. The van der Waals surface area contributed by atoms with Gasteiger partial charge >= 0.3 is 0 Å². The first-order valence-electron chi connectivity index (χ1n) is 6.42. The Morgan fingerprint density at radius 3 is 2.35 bits per heavy atom. The summed E-state index contributed by atoms with van der Waals surface area (Å²) in [5.74, 6) is -0.323. The van der Waals surface area contributed by atoms with E-state index in [-0.39, 0.29) is 5.56 Å². The van der Waals surface area contributed by atoms with Crippen molar-refractivity contribution in [3.05, 3.63) is 65.2 Å². The summed E-state index contributed by atoms with van der Waals surface area (Å²) in [7, 11) is 1.60. The lowest BCUT2D eigenvalue weighted by Gasteiger charge is -2.17. The molecular formula is C16H17F2NO. The normalized spacial score (nSPS) is 12.2. The van der Waals surface area contributed by atoms with Crippen molar-refractivity contribution in [2.75, 3.05) is 7.11 Å². The molecule has 0 aromatic heterocycles. The molecule has 0 spiro atoms. The van der Waals surface area contributed by atoms with Gasteiger partial charge in [-0.05, 0) is 25.1 Å². The van der Waals surface area contributed by atoms with Crippen LogP contribution in [0.1, 0.15) is 24.1 Å². The van der Waals surface area contributed by atoms with Crippen LogP contribution in [0.15, 0.2) is 42.5 Å². The topological polar surface area (TPSA) is 21.3 Å². The highest BCUT2D eigenvalue weighted by Crippen LogP contribution is 2.22. The van der Waals surface area contributed by atoms with Crippen LogP contribution in [0.25, 0.3) is 0 Å². The number of hydrogen-bond acceptors (Lipinski definition) is 2. The number of halogens is 2. The van der Waals surface area contributed by atoms with E-state index in [2.05, 4.69) is 5.32 Å². The average Bonchev–Trinajstić information content (AvgIpc) is 2.45. The van der Waals surface area contributed by atoms with Gasteiger partial charge in [0.25, 0.3) is 0 Å². The highest BCUT2D eigenvalue weighted by molar-refractivity contribution is 5.33. The smallest absolute Gasteiger partial charge is 0.130 e. The van der Waals surface area contributed by atoms with Gasteiger partial charge in [0.2, 0.25) is 0 Å². The lowest BCUT2D eigenvalue weighted by molar-refractivity contribution is 0.405. The molecule has 20 heavy (non-hydrogen) atoms. The monoisotopic (exact) mass is 277 g/mol. The molecule has 2 rings (SSSR count). The lowest BCUT2D eigenvalue weighted by Crippen LogP contribution is -2.20. The molecule has 4 heteroatoms. The Balaban J connectivity index is 2.11. The van der Waals surface area contributed by atoms with E-state index in [9.17, 15) is 8.78 Å². The molecule has 2 aromatic carbocycles. The van der Waals surface area contributed by atoms with Crippen LogP contribution in [0.2, 0.25) is 0 Å². The summed E-state index contributed by atoms with van der Waals surface area (Å²) in [6.07, 6.45) is 0. The minimum absolute atomic E-state index is 0.0578. The standard InChI is InChI=1S/C16H17F2NO/c1-11(16-13(17)7-5-8-14(16)18)19-10-12-6-3-4-9-15(12)20-2/h3-9,11,19H,10H2,1-2H3. The van der Waals surface area contributed by atoms with Crippen molar-refractivity contribution < 1.29 is 13.5 Å². The molecule has 0 aliphatic heterocycles. The maximum atomic E-state index is 13.7. The van der Waals surface area contributed by atoms with E-state index in [0.29, 0.717) is 6.54 Å². The van der Waals surface area contributed by atoms with Gasteiger partial charge < -0.3 is 10.1 Å². The fourth-order valence-electron chi connectivity index (χ4n) is 2.14. The van der Waals surface area contributed by atoms with E-state index in [0.717, 1.165) is 11.3 Å². The number of hydrogen-bond donors (Lipinski definition) is 1. The van der Waals surface area contributed by atoms with E-state index >= 15 is 0 Å². The molecule has 1 unspecified atom stereocenters. The van der Waals surface area contributed by atoms with Crippen LogP contribution in [0.5, 0.6) is 5.75 Å². The first-order chi connectivity index (χ1) is 9.63. The van der Waals surface area contributed by atoms with Gasteiger partial charge in [-0.3, -0.25) is 0 Å². The second kappa shape index (κ2) is 6.48. The second-order valence-electron chi connectivity index (χ2n) is 4.55. The van der Waals surface area contributed by atoms with Crippen molar-refractivity contribution in [3.8, 4) is 5.75 Å². The van der Waals surface area contributed by atoms with Gasteiger partial charge in [0.05, 0.1) is 7.11 Å². The van der Waals surface area contributed by atoms with Gasteiger partial charge in [0.15, 0.2) is 0 Å². The number of benzene rings is 2. The Morgan fingerprint density at radius 2 is 1.70 bits per heavy atom. The second-order valence-corrected chi connectivity index (χ2v) is 4.55. The largest absolute Gasteiger partial charge is 0.496 e. The van der Waals surface area contributed by atoms with Crippen molar-refractivity contribution >= 4 is 0 Å². The zero-order chi connectivity index (χ0) is 14.5. The van der Waals surface area contributed by atoms with Crippen molar-refractivity contribution in [3.63, 3.8) is 0 Å². The van der Waals surface area contributed by atoms with Crippen LogP contribution in [0.4, 0.5) is 8.78 Å². The summed E-state index contributed by atoms with van der Waals surface area (Å²) in [6.45, 7) is 2.20. The highest BCUT2D eigenvalue weighted by Gasteiger charge is 2.15. The third-order valence-electron chi connectivity index (χ3n) is 3.22. The minimum Gasteiger partial charge on any atom is -0.496 e. The van der Waals surface area contributed by atoms with Gasteiger partial charge in [-0.2, -0.15) is 0 Å². The molecule has 2 aromatic rings. The summed E-state index contributed by atoms with van der Waals surface area (Å²) in [5, 5.41) is 3.11. The van der Waals surface area contributed by atoms with Crippen LogP contribution in [0.3, 0.4) is 0 Å². The highest BCUT2D eigenvalue weighted by atomic mass is 19.1. The Labute approximate surface area is 117 Å².